The van der Waals surface area contributed by atoms with Gasteiger partial charge in [0.1, 0.15) is 0 Å². The molecular formula is C13H15ClN2S. The van der Waals surface area contributed by atoms with Crippen molar-refractivity contribution in [3.05, 3.63) is 51.4 Å². The molecule has 2 heterocycles. The zero-order valence-electron chi connectivity index (χ0n) is 9.47. The molecule has 0 aromatic carbocycles. The van der Waals surface area contributed by atoms with Crippen LogP contribution in [0, 0.1) is 0 Å². The molecule has 0 fully saturated rings. The van der Waals surface area contributed by atoms with Gasteiger partial charge in [-0.3, -0.25) is 4.98 Å². The van der Waals surface area contributed by atoms with Crippen LogP contribution in [0.15, 0.2) is 36.5 Å². The summed E-state index contributed by atoms with van der Waals surface area (Å²) in [5.74, 6) is 0. The lowest BCUT2D eigenvalue weighted by Gasteiger charge is -2.09. The Hall–Kier alpha value is -0.900. The van der Waals surface area contributed by atoms with E-state index in [1.807, 2.05) is 36.5 Å². The van der Waals surface area contributed by atoms with Crippen molar-refractivity contribution in [1.29, 1.82) is 0 Å². The fourth-order valence-electron chi connectivity index (χ4n) is 1.70. The molecule has 90 valence electrons. The number of thiophene rings is 1. The van der Waals surface area contributed by atoms with Crippen LogP contribution in [0.3, 0.4) is 0 Å². The van der Waals surface area contributed by atoms with Crippen molar-refractivity contribution in [3.63, 3.8) is 0 Å². The number of hydrogen-bond donors (Lipinski definition) is 1. The average Bonchev–Trinajstić information content (AvgIpc) is 2.73. The van der Waals surface area contributed by atoms with Gasteiger partial charge in [0.2, 0.25) is 0 Å². The van der Waals surface area contributed by atoms with Gasteiger partial charge >= 0.3 is 0 Å². The largest absolute Gasteiger partial charge is 0.327 e. The molecule has 2 N–H and O–H groups in total. The predicted octanol–water partition coefficient (Wildman–Crippen LogP) is 3.30. The molecule has 0 amide bonds. The van der Waals surface area contributed by atoms with Gasteiger partial charge in [0, 0.05) is 22.8 Å². The molecule has 2 aromatic heterocycles. The number of hydrogen-bond acceptors (Lipinski definition) is 3. The first-order chi connectivity index (χ1) is 8.24. The first kappa shape index (κ1) is 12.6. The number of pyridine rings is 1. The molecule has 0 saturated carbocycles. The third kappa shape index (κ3) is 4.11. The molecule has 2 rings (SSSR count). The van der Waals surface area contributed by atoms with Crippen LogP contribution < -0.4 is 5.73 Å². The van der Waals surface area contributed by atoms with Crippen LogP contribution in [0.5, 0.6) is 0 Å². The number of nitrogens with two attached hydrogens (primary N) is 1. The lowest BCUT2D eigenvalue weighted by molar-refractivity contribution is 0.609. The van der Waals surface area contributed by atoms with Crippen molar-refractivity contribution in [2.45, 2.75) is 25.3 Å². The maximum atomic E-state index is 6.10. The summed E-state index contributed by atoms with van der Waals surface area (Å²) in [7, 11) is 0. The lowest BCUT2D eigenvalue weighted by Crippen LogP contribution is -2.23. The Morgan fingerprint density at radius 3 is 2.82 bits per heavy atom. The summed E-state index contributed by atoms with van der Waals surface area (Å²) in [5, 5.41) is 0. The van der Waals surface area contributed by atoms with Crippen LogP contribution in [0.2, 0.25) is 4.34 Å². The van der Waals surface area contributed by atoms with Gasteiger partial charge in [0.15, 0.2) is 0 Å². The lowest BCUT2D eigenvalue weighted by atomic mass is 10.1. The summed E-state index contributed by atoms with van der Waals surface area (Å²) >= 11 is 7.49. The Labute approximate surface area is 110 Å². The number of nitrogens with zero attached hydrogens (tertiary/aromatic N) is 1. The highest BCUT2D eigenvalue weighted by Crippen LogP contribution is 2.22. The number of rotatable bonds is 5. The van der Waals surface area contributed by atoms with Gasteiger partial charge in [-0.2, -0.15) is 0 Å². The monoisotopic (exact) mass is 266 g/mol. The summed E-state index contributed by atoms with van der Waals surface area (Å²) < 4.78 is 0.830. The van der Waals surface area contributed by atoms with Gasteiger partial charge < -0.3 is 5.73 Å². The summed E-state index contributed by atoms with van der Waals surface area (Å²) in [6, 6.07) is 10.1. The van der Waals surface area contributed by atoms with Crippen LogP contribution in [0.4, 0.5) is 0 Å². The van der Waals surface area contributed by atoms with E-state index in [-0.39, 0.29) is 6.04 Å². The van der Waals surface area contributed by atoms with E-state index >= 15 is 0 Å². The topological polar surface area (TPSA) is 38.9 Å². The second-order valence-electron chi connectivity index (χ2n) is 4.03. The Bertz CT molecular complexity index is 455. The Kier molecular flexibility index (Phi) is 4.54. The minimum absolute atomic E-state index is 0.173. The Morgan fingerprint density at radius 2 is 2.18 bits per heavy atom. The molecule has 0 bridgehead atoms. The van der Waals surface area contributed by atoms with Crippen molar-refractivity contribution in [2.75, 3.05) is 0 Å². The molecule has 2 nitrogen and oxygen atoms in total. The third-order valence-electron chi connectivity index (χ3n) is 2.59. The molecule has 0 radical (unpaired) electrons. The summed E-state index contributed by atoms with van der Waals surface area (Å²) in [6.45, 7) is 0. The van der Waals surface area contributed by atoms with E-state index in [1.165, 1.54) is 4.88 Å². The van der Waals surface area contributed by atoms with Crippen molar-refractivity contribution < 1.29 is 0 Å². The highest BCUT2D eigenvalue weighted by atomic mass is 35.5. The first-order valence-corrected chi connectivity index (χ1v) is 6.83. The fourth-order valence-corrected chi connectivity index (χ4v) is 2.88. The molecule has 2 aromatic rings. The average molecular weight is 267 g/mol. The van der Waals surface area contributed by atoms with E-state index in [2.05, 4.69) is 4.98 Å². The van der Waals surface area contributed by atoms with Gasteiger partial charge in [-0.15, -0.1) is 11.3 Å². The van der Waals surface area contributed by atoms with Crippen molar-refractivity contribution in [2.24, 2.45) is 5.73 Å². The van der Waals surface area contributed by atoms with Crippen molar-refractivity contribution >= 4 is 22.9 Å². The maximum Gasteiger partial charge on any atom is 0.0931 e. The third-order valence-corrected chi connectivity index (χ3v) is 3.84. The van der Waals surface area contributed by atoms with Crippen LogP contribution in [0.25, 0.3) is 0 Å². The smallest absolute Gasteiger partial charge is 0.0931 e. The molecule has 1 atom stereocenters. The van der Waals surface area contributed by atoms with Gasteiger partial charge in [-0.05, 0) is 43.5 Å². The van der Waals surface area contributed by atoms with E-state index in [0.717, 1.165) is 29.3 Å². The quantitative estimate of drug-likeness (QED) is 0.902. The fraction of sp³-hybridized carbons (Fsp3) is 0.308. The molecule has 0 aliphatic heterocycles. The normalized spacial score (nSPS) is 12.6. The second-order valence-corrected chi connectivity index (χ2v) is 5.83. The van der Waals surface area contributed by atoms with Gasteiger partial charge in [-0.1, -0.05) is 17.7 Å². The SMILES string of the molecule is NC(CCc1ccccn1)Cc1ccc(Cl)s1. The number of halogens is 1. The molecule has 17 heavy (non-hydrogen) atoms. The van der Waals surface area contributed by atoms with E-state index in [4.69, 9.17) is 17.3 Å². The summed E-state index contributed by atoms with van der Waals surface area (Å²) in [4.78, 5) is 5.54. The van der Waals surface area contributed by atoms with E-state index in [9.17, 15) is 0 Å². The van der Waals surface area contributed by atoms with Crippen molar-refractivity contribution in [3.8, 4) is 0 Å². The molecule has 4 heteroatoms. The standard InChI is InChI=1S/C13H15ClN2S/c14-13-7-6-12(17-13)9-10(15)4-5-11-3-1-2-8-16-11/h1-3,6-8,10H,4-5,9,15H2. The maximum absolute atomic E-state index is 6.10. The highest BCUT2D eigenvalue weighted by molar-refractivity contribution is 7.16. The second kappa shape index (κ2) is 6.15. The van der Waals surface area contributed by atoms with Crippen molar-refractivity contribution in [1.82, 2.24) is 4.98 Å². The van der Waals surface area contributed by atoms with Crippen LogP contribution >= 0.6 is 22.9 Å². The molecule has 0 spiro atoms. The van der Waals surface area contributed by atoms with Crippen LogP contribution in [0.1, 0.15) is 17.0 Å². The molecule has 1 unspecified atom stereocenters. The van der Waals surface area contributed by atoms with Gasteiger partial charge in [0.05, 0.1) is 4.34 Å². The minimum Gasteiger partial charge on any atom is -0.327 e. The zero-order chi connectivity index (χ0) is 12.1. The highest BCUT2D eigenvalue weighted by Gasteiger charge is 2.07. The molecule has 0 aliphatic rings. The number of aryl methyl sites for hydroxylation is 1. The molecule has 0 saturated heterocycles. The summed E-state index contributed by atoms with van der Waals surface area (Å²) in [5.41, 5.74) is 7.20. The van der Waals surface area contributed by atoms with Crippen LogP contribution in [-0.2, 0) is 12.8 Å². The van der Waals surface area contributed by atoms with Gasteiger partial charge in [-0.25, -0.2) is 0 Å². The number of aromatic nitrogens is 1. The zero-order valence-corrected chi connectivity index (χ0v) is 11.0. The van der Waals surface area contributed by atoms with Gasteiger partial charge in [0.25, 0.3) is 0 Å². The van der Waals surface area contributed by atoms with Crippen LogP contribution in [-0.4, -0.2) is 11.0 Å². The predicted molar refractivity (Wildman–Crippen MR) is 73.6 cm³/mol. The Balaban J connectivity index is 1.80. The van der Waals surface area contributed by atoms with E-state index in [1.54, 1.807) is 11.3 Å². The minimum atomic E-state index is 0.173. The van der Waals surface area contributed by atoms with E-state index < -0.39 is 0 Å². The molecular weight excluding hydrogens is 252 g/mol. The Morgan fingerprint density at radius 1 is 1.29 bits per heavy atom. The summed E-state index contributed by atoms with van der Waals surface area (Å²) in [6.07, 6.45) is 4.60. The van der Waals surface area contributed by atoms with E-state index in [0.29, 0.717) is 0 Å². The molecule has 0 aliphatic carbocycles. The first-order valence-electron chi connectivity index (χ1n) is 5.64.